The molecule has 130 valence electrons. The molecule has 4 aromatic rings. The molecule has 4 rings (SSSR count). The summed E-state index contributed by atoms with van der Waals surface area (Å²) in [5, 5.41) is 8.94. The van der Waals surface area contributed by atoms with Gasteiger partial charge in [-0.3, -0.25) is 9.36 Å². The van der Waals surface area contributed by atoms with E-state index in [0.29, 0.717) is 22.9 Å². The Kier molecular flexibility index (Phi) is 5.26. The average molecular weight is 353 g/mol. The second-order valence-corrected chi connectivity index (χ2v) is 5.79. The monoisotopic (exact) mass is 353 g/mol. The molecule has 0 atom stereocenters. The van der Waals surface area contributed by atoms with E-state index in [1.807, 2.05) is 34.9 Å². The van der Waals surface area contributed by atoms with Crippen LogP contribution in [0.4, 0.5) is 5.82 Å². The molecular weight excluding hydrogens is 337 g/mol. The molecule has 0 spiro atoms. The number of imidazole rings is 1. The van der Waals surface area contributed by atoms with Gasteiger partial charge in [0.1, 0.15) is 11.3 Å². The first-order valence-electron chi connectivity index (χ1n) is 7.99. The van der Waals surface area contributed by atoms with E-state index >= 15 is 0 Å². The fourth-order valence-corrected chi connectivity index (χ4v) is 2.88. The van der Waals surface area contributed by atoms with Crippen LogP contribution in [0.3, 0.4) is 0 Å². The molecule has 0 fully saturated rings. The topological polar surface area (TPSA) is 107 Å². The zero-order valence-electron chi connectivity index (χ0n) is 15.7. The quantitative estimate of drug-likeness (QED) is 0.493. The molecule has 3 heterocycles. The summed E-state index contributed by atoms with van der Waals surface area (Å²) >= 11 is 0. The molecule has 0 saturated carbocycles. The number of nitrogens with zero attached hydrogens (tertiary/aromatic N) is 4. The van der Waals surface area contributed by atoms with Crippen LogP contribution < -0.4 is 24.6 Å². The molecule has 0 bridgehead atoms. The van der Waals surface area contributed by atoms with Crippen LogP contribution >= 0.6 is 0 Å². The molecular formula is C19H16LiN5O2. The van der Waals surface area contributed by atoms with E-state index in [4.69, 9.17) is 10.8 Å². The molecule has 0 unspecified atom stereocenters. The Hall–Kier alpha value is -3.14. The smallest absolute Gasteiger partial charge is 1.00 e. The number of nitrogen functional groups attached to an aromatic ring is 1. The third kappa shape index (κ3) is 3.56. The first kappa shape index (κ1) is 18.6. The first-order valence-corrected chi connectivity index (χ1v) is 7.99. The van der Waals surface area contributed by atoms with Crippen molar-refractivity contribution in [3.8, 4) is 17.1 Å². The second-order valence-electron chi connectivity index (χ2n) is 5.79. The fraction of sp³-hybridized carbons (Fsp3) is 0.0526. The number of aliphatic carboxylic acids is 1. The summed E-state index contributed by atoms with van der Waals surface area (Å²) in [6, 6.07) is 14.6. The Balaban J connectivity index is 0.00000140. The number of fused-ring (bicyclic) bond motifs is 1. The maximum atomic E-state index is 10.9. The maximum absolute atomic E-state index is 10.9. The van der Waals surface area contributed by atoms with E-state index in [9.17, 15) is 4.79 Å². The van der Waals surface area contributed by atoms with Gasteiger partial charge in [0, 0.05) is 18.1 Å². The Labute approximate surface area is 168 Å². The van der Waals surface area contributed by atoms with Gasteiger partial charge in [-0.05, 0) is 42.0 Å². The molecule has 0 aliphatic carbocycles. The van der Waals surface area contributed by atoms with Crippen molar-refractivity contribution in [2.24, 2.45) is 0 Å². The van der Waals surface area contributed by atoms with Gasteiger partial charge in [-0.15, -0.1) is 0 Å². The van der Waals surface area contributed by atoms with Crippen LogP contribution in [0, 0.1) is 0 Å². The molecule has 0 aliphatic rings. The summed E-state index contributed by atoms with van der Waals surface area (Å²) in [4.78, 5) is 24.2. The summed E-state index contributed by atoms with van der Waals surface area (Å²) in [6.45, 7) is 0. The minimum Gasteiger partial charge on any atom is -1.00 e. The van der Waals surface area contributed by atoms with E-state index in [2.05, 4.69) is 15.0 Å². The normalized spacial score (nSPS) is 10.5. The average Bonchev–Trinajstić information content (AvgIpc) is 3.01. The molecule has 0 radical (unpaired) electrons. The minimum absolute atomic E-state index is 0. The summed E-state index contributed by atoms with van der Waals surface area (Å²) < 4.78 is 1.90. The van der Waals surface area contributed by atoms with E-state index in [0.717, 1.165) is 16.8 Å². The predicted molar refractivity (Wildman–Crippen MR) is 99.0 cm³/mol. The molecule has 0 amide bonds. The molecule has 3 aromatic heterocycles. The molecule has 0 aliphatic heterocycles. The third-order valence-corrected chi connectivity index (χ3v) is 4.05. The predicted octanol–water partition coefficient (Wildman–Crippen LogP) is -0.192. The van der Waals surface area contributed by atoms with Gasteiger partial charge in [0.15, 0.2) is 11.5 Å². The van der Waals surface area contributed by atoms with Crippen molar-refractivity contribution < 1.29 is 30.2 Å². The zero-order valence-corrected chi connectivity index (χ0v) is 14.7. The van der Waals surface area contributed by atoms with Gasteiger partial charge in [0.05, 0.1) is 12.0 Å². The number of rotatable bonds is 4. The van der Waals surface area contributed by atoms with Crippen molar-refractivity contribution in [2.45, 2.75) is 6.42 Å². The Morgan fingerprint density at radius 2 is 1.78 bits per heavy atom. The number of carboxylic acid groups (broad SMARTS) is 1. The van der Waals surface area contributed by atoms with Crippen LogP contribution in [0.15, 0.2) is 60.9 Å². The number of carboxylic acids is 1. The number of pyridine rings is 2. The van der Waals surface area contributed by atoms with Crippen LogP contribution in [0.25, 0.3) is 28.2 Å². The number of aromatic nitrogens is 4. The summed E-state index contributed by atoms with van der Waals surface area (Å²) in [6.07, 6.45) is 3.31. The Morgan fingerprint density at radius 1 is 1.07 bits per heavy atom. The van der Waals surface area contributed by atoms with Crippen molar-refractivity contribution in [2.75, 3.05) is 5.73 Å². The number of hydrogen-bond acceptors (Lipinski definition) is 5. The van der Waals surface area contributed by atoms with Crippen molar-refractivity contribution >= 4 is 23.0 Å². The van der Waals surface area contributed by atoms with E-state index in [1.165, 1.54) is 0 Å². The van der Waals surface area contributed by atoms with Crippen LogP contribution in [0.5, 0.6) is 0 Å². The summed E-state index contributed by atoms with van der Waals surface area (Å²) in [5.41, 5.74) is 9.73. The van der Waals surface area contributed by atoms with Gasteiger partial charge in [0.25, 0.3) is 0 Å². The van der Waals surface area contributed by atoms with E-state index < -0.39 is 5.97 Å². The van der Waals surface area contributed by atoms with Gasteiger partial charge in [-0.2, -0.15) is 0 Å². The van der Waals surface area contributed by atoms with Gasteiger partial charge in [-0.1, -0.05) is 12.1 Å². The van der Waals surface area contributed by atoms with Crippen LogP contribution in [-0.2, 0) is 11.2 Å². The number of carbonyl (C=O) groups is 1. The van der Waals surface area contributed by atoms with Crippen molar-refractivity contribution in [3.63, 3.8) is 0 Å². The largest absolute Gasteiger partial charge is 1.00 e. The fourth-order valence-electron chi connectivity index (χ4n) is 2.88. The number of nitrogens with two attached hydrogens (primary N) is 1. The van der Waals surface area contributed by atoms with Crippen LogP contribution in [0.2, 0.25) is 0 Å². The molecule has 3 N–H and O–H groups in total. The SMILES string of the molecule is Nc1ncccc1-c1nc2cccnc2n1-c1ccc(CC(=O)O)cc1.[H-].[Li+]. The molecule has 8 heteroatoms. The van der Waals surface area contributed by atoms with Gasteiger partial charge in [-0.25, -0.2) is 15.0 Å². The van der Waals surface area contributed by atoms with Gasteiger partial charge >= 0.3 is 24.8 Å². The van der Waals surface area contributed by atoms with E-state index in [-0.39, 0.29) is 26.7 Å². The van der Waals surface area contributed by atoms with Gasteiger partial charge in [0.2, 0.25) is 0 Å². The minimum atomic E-state index is -0.865. The van der Waals surface area contributed by atoms with Crippen LogP contribution in [-0.4, -0.2) is 30.6 Å². The Bertz CT molecular complexity index is 1110. The maximum Gasteiger partial charge on any atom is 1.00 e. The summed E-state index contributed by atoms with van der Waals surface area (Å²) in [5.74, 6) is 0.151. The zero-order chi connectivity index (χ0) is 18.1. The third-order valence-electron chi connectivity index (χ3n) is 4.05. The van der Waals surface area contributed by atoms with E-state index in [1.54, 1.807) is 30.6 Å². The number of anilines is 1. The molecule has 7 nitrogen and oxygen atoms in total. The van der Waals surface area contributed by atoms with Crippen LogP contribution in [0.1, 0.15) is 6.99 Å². The summed E-state index contributed by atoms with van der Waals surface area (Å²) in [7, 11) is 0. The van der Waals surface area contributed by atoms with Crippen molar-refractivity contribution in [1.82, 2.24) is 19.5 Å². The number of benzene rings is 1. The van der Waals surface area contributed by atoms with Crippen molar-refractivity contribution in [3.05, 3.63) is 66.5 Å². The number of hydrogen-bond donors (Lipinski definition) is 2. The molecule has 27 heavy (non-hydrogen) atoms. The standard InChI is InChI=1S/C19H15N5O2.Li.H/c20-17-14(3-1-9-21-17)18-23-15-4-2-10-22-19(15)24(18)13-7-5-12(6-8-13)11-16(25)26;;/h1-10H,11H2,(H2,20,21)(H,25,26);;/q;+1;-1. The first-order chi connectivity index (χ1) is 12.6. The Morgan fingerprint density at radius 3 is 2.48 bits per heavy atom. The molecule has 0 saturated heterocycles. The molecule has 1 aromatic carbocycles. The van der Waals surface area contributed by atoms with Crippen molar-refractivity contribution in [1.29, 1.82) is 0 Å². The van der Waals surface area contributed by atoms with Gasteiger partial charge < -0.3 is 12.3 Å². The second kappa shape index (κ2) is 7.62.